The van der Waals surface area contributed by atoms with E-state index in [0.29, 0.717) is 17.7 Å². The monoisotopic (exact) mass is 542 g/mol. The van der Waals surface area contributed by atoms with Crippen LogP contribution in [-0.4, -0.2) is 101 Å². The summed E-state index contributed by atoms with van der Waals surface area (Å²) < 4.78 is 0. The topological polar surface area (TPSA) is 168 Å². The maximum absolute atomic E-state index is 14.0. The molecule has 0 radical (unpaired) electrons. The SMILES string of the molecule is CCN(CC)Cc1cc(N(C)C)c2c(c1O)C(O)=C1C(=O)[C@]3(O)C(O)=C(C(N)=O)C(=O)[C@@H](N(C)C)[C@@H]3C[C@@H]1C2. The highest BCUT2D eigenvalue weighted by Crippen LogP contribution is 2.54. The maximum Gasteiger partial charge on any atom is 0.255 e. The first kappa shape index (κ1) is 28.6. The van der Waals surface area contributed by atoms with Crippen LogP contribution in [0.3, 0.4) is 0 Å². The third-order valence-corrected chi connectivity index (χ3v) is 8.55. The van der Waals surface area contributed by atoms with E-state index in [2.05, 4.69) is 4.90 Å². The number of benzene rings is 1. The summed E-state index contributed by atoms with van der Waals surface area (Å²) in [5.41, 5.74) is 3.85. The lowest BCUT2D eigenvalue weighted by Crippen LogP contribution is -2.65. The molecule has 0 saturated heterocycles. The van der Waals surface area contributed by atoms with Gasteiger partial charge in [0.2, 0.25) is 5.78 Å². The molecule has 1 aromatic rings. The average molecular weight is 543 g/mol. The van der Waals surface area contributed by atoms with E-state index in [0.717, 1.165) is 18.8 Å². The Balaban J connectivity index is 1.97. The van der Waals surface area contributed by atoms with E-state index in [-0.39, 0.29) is 29.7 Å². The summed E-state index contributed by atoms with van der Waals surface area (Å²) in [6.45, 7) is 5.91. The zero-order chi connectivity index (χ0) is 29.1. The highest BCUT2D eigenvalue weighted by atomic mass is 16.3. The number of hydrogen-bond acceptors (Lipinski definition) is 10. The van der Waals surface area contributed by atoms with E-state index in [4.69, 9.17) is 5.73 Å². The molecule has 1 saturated carbocycles. The zero-order valence-corrected chi connectivity index (χ0v) is 23.3. The van der Waals surface area contributed by atoms with Gasteiger partial charge in [0, 0.05) is 43.4 Å². The molecule has 0 bridgehead atoms. The number of nitrogens with two attached hydrogens (primary N) is 1. The minimum absolute atomic E-state index is 0.0561. The molecule has 3 aliphatic rings. The number of likely N-dealkylation sites (N-methyl/N-ethyl adjacent to an activating group) is 1. The molecule has 6 N–H and O–H groups in total. The van der Waals surface area contributed by atoms with Crippen LogP contribution in [0, 0.1) is 11.8 Å². The van der Waals surface area contributed by atoms with Crippen LogP contribution in [0.4, 0.5) is 5.69 Å². The van der Waals surface area contributed by atoms with Gasteiger partial charge in [0.25, 0.3) is 5.91 Å². The third-order valence-electron chi connectivity index (χ3n) is 8.55. The fourth-order valence-corrected chi connectivity index (χ4v) is 6.55. The number of primary amides is 1. The van der Waals surface area contributed by atoms with Crippen LogP contribution >= 0.6 is 0 Å². The molecule has 1 fully saturated rings. The van der Waals surface area contributed by atoms with Crippen molar-refractivity contribution in [1.29, 1.82) is 0 Å². The molecule has 0 aliphatic heterocycles. The summed E-state index contributed by atoms with van der Waals surface area (Å²) in [5.74, 6) is -6.48. The smallest absolute Gasteiger partial charge is 0.255 e. The highest BCUT2D eigenvalue weighted by molar-refractivity contribution is 6.24. The molecule has 0 aromatic heterocycles. The normalized spacial score (nSPS) is 26.6. The number of fused-ring (bicyclic) bond motifs is 3. The standard InChI is InChI=1S/C28H38N4O7/c1-7-32(8-2)12-14-11-17(30(3)4)15-9-13-10-16-21(31(5)6)24(35)20(27(29)38)26(37)28(16,39)25(36)18(13)23(34)19(15)22(14)33/h11,13,16,21,33-34,37,39H,7-10,12H2,1-6H3,(H2,29,38)/t13-,16-,21-,28-/m0/s1. The molecule has 11 heteroatoms. The van der Waals surface area contributed by atoms with Gasteiger partial charge in [-0.2, -0.15) is 0 Å². The second kappa shape index (κ2) is 9.96. The Morgan fingerprint density at radius 1 is 1.10 bits per heavy atom. The van der Waals surface area contributed by atoms with Crippen LogP contribution in [0.1, 0.15) is 37.0 Å². The molecule has 212 valence electrons. The molecule has 39 heavy (non-hydrogen) atoms. The summed E-state index contributed by atoms with van der Waals surface area (Å²) in [5, 5.41) is 45.7. The molecule has 4 atom stereocenters. The van der Waals surface area contributed by atoms with E-state index in [1.165, 1.54) is 4.90 Å². The van der Waals surface area contributed by atoms with Crippen molar-refractivity contribution in [2.75, 3.05) is 46.2 Å². The van der Waals surface area contributed by atoms with Crippen molar-refractivity contribution in [3.63, 3.8) is 0 Å². The maximum atomic E-state index is 14.0. The number of aliphatic hydroxyl groups is 3. The number of carbonyl (C=O) groups excluding carboxylic acids is 3. The number of carbonyl (C=O) groups is 3. The van der Waals surface area contributed by atoms with Gasteiger partial charge >= 0.3 is 0 Å². The second-order valence-electron chi connectivity index (χ2n) is 11.1. The molecule has 0 unspecified atom stereocenters. The van der Waals surface area contributed by atoms with E-state index in [1.54, 1.807) is 14.1 Å². The Bertz CT molecular complexity index is 1310. The van der Waals surface area contributed by atoms with Crippen LogP contribution in [0.25, 0.3) is 5.76 Å². The van der Waals surface area contributed by atoms with Crippen molar-refractivity contribution in [2.24, 2.45) is 17.6 Å². The first-order valence-electron chi connectivity index (χ1n) is 13.1. The first-order valence-corrected chi connectivity index (χ1v) is 13.1. The Labute approximate surface area is 227 Å². The molecule has 0 spiro atoms. The number of phenolic OH excluding ortho intramolecular Hbond substituents is 1. The van der Waals surface area contributed by atoms with Crippen LogP contribution < -0.4 is 10.6 Å². The predicted octanol–water partition coefficient (Wildman–Crippen LogP) is 0.872. The van der Waals surface area contributed by atoms with Crippen molar-refractivity contribution in [3.05, 3.63) is 39.7 Å². The number of rotatable bonds is 7. The number of aliphatic hydroxyl groups excluding tert-OH is 2. The lowest BCUT2D eigenvalue weighted by Gasteiger charge is -2.50. The number of nitrogens with zero attached hydrogens (tertiary/aromatic N) is 3. The number of ketones is 2. The lowest BCUT2D eigenvalue weighted by atomic mass is 9.57. The average Bonchev–Trinajstić information content (AvgIpc) is 2.85. The number of hydrogen-bond donors (Lipinski definition) is 5. The molecule has 11 nitrogen and oxygen atoms in total. The molecular weight excluding hydrogens is 504 g/mol. The minimum Gasteiger partial charge on any atom is -0.508 e. The number of aromatic hydroxyl groups is 1. The van der Waals surface area contributed by atoms with Crippen LogP contribution in [0.2, 0.25) is 0 Å². The zero-order valence-electron chi connectivity index (χ0n) is 23.3. The van der Waals surface area contributed by atoms with Gasteiger partial charge < -0.3 is 31.1 Å². The van der Waals surface area contributed by atoms with Gasteiger partial charge in [0.1, 0.15) is 22.8 Å². The van der Waals surface area contributed by atoms with Crippen molar-refractivity contribution in [1.82, 2.24) is 9.80 Å². The molecule has 0 heterocycles. The summed E-state index contributed by atoms with van der Waals surface area (Å²) in [4.78, 5) is 44.9. The summed E-state index contributed by atoms with van der Waals surface area (Å²) >= 11 is 0. The van der Waals surface area contributed by atoms with Crippen LogP contribution in [0.5, 0.6) is 5.75 Å². The molecule has 4 rings (SSSR count). The summed E-state index contributed by atoms with van der Waals surface area (Å²) in [6.07, 6.45) is 0.307. The van der Waals surface area contributed by atoms with E-state index in [9.17, 15) is 34.8 Å². The van der Waals surface area contributed by atoms with Crippen molar-refractivity contribution in [2.45, 2.75) is 44.9 Å². The van der Waals surface area contributed by atoms with Gasteiger partial charge in [-0.25, -0.2) is 0 Å². The van der Waals surface area contributed by atoms with E-state index < -0.39 is 58.0 Å². The fourth-order valence-electron chi connectivity index (χ4n) is 6.55. The Morgan fingerprint density at radius 3 is 2.23 bits per heavy atom. The first-order chi connectivity index (χ1) is 18.2. The van der Waals surface area contributed by atoms with E-state index in [1.807, 2.05) is 38.9 Å². The van der Waals surface area contributed by atoms with Gasteiger partial charge in [-0.15, -0.1) is 0 Å². The van der Waals surface area contributed by atoms with Gasteiger partial charge in [0.15, 0.2) is 11.4 Å². The van der Waals surface area contributed by atoms with Crippen LogP contribution in [-0.2, 0) is 27.3 Å². The number of amides is 1. The molecule has 1 aromatic carbocycles. The van der Waals surface area contributed by atoms with Crippen molar-refractivity contribution < 1.29 is 34.8 Å². The van der Waals surface area contributed by atoms with Crippen LogP contribution in [0.15, 0.2) is 23.0 Å². The van der Waals surface area contributed by atoms with Gasteiger partial charge in [-0.1, -0.05) is 13.8 Å². The van der Waals surface area contributed by atoms with E-state index >= 15 is 0 Å². The van der Waals surface area contributed by atoms with Gasteiger partial charge in [-0.05, 0) is 57.6 Å². The summed E-state index contributed by atoms with van der Waals surface area (Å²) in [7, 11) is 6.86. The Hall–Kier alpha value is -3.41. The number of phenols is 1. The number of anilines is 1. The quantitative estimate of drug-likeness (QED) is 0.312. The fraction of sp³-hybridized carbons (Fsp3) is 0.536. The molecule has 3 aliphatic carbocycles. The minimum atomic E-state index is -2.65. The van der Waals surface area contributed by atoms with Crippen molar-refractivity contribution in [3.8, 4) is 5.75 Å². The third kappa shape index (κ3) is 4.11. The Kier molecular flexibility index (Phi) is 7.30. The van der Waals surface area contributed by atoms with Crippen molar-refractivity contribution >= 4 is 28.9 Å². The Morgan fingerprint density at radius 2 is 1.72 bits per heavy atom. The predicted molar refractivity (Wildman–Crippen MR) is 145 cm³/mol. The highest BCUT2D eigenvalue weighted by Gasteiger charge is 2.64. The molecule has 1 amide bonds. The largest absolute Gasteiger partial charge is 0.508 e. The second-order valence-corrected chi connectivity index (χ2v) is 11.1. The molecular formula is C28H38N4O7. The van der Waals surface area contributed by atoms with Gasteiger partial charge in [0.05, 0.1) is 11.6 Å². The number of Topliss-reactive ketones (excluding diaryl/α,β-unsaturated/α-hetero) is 2. The van der Waals surface area contributed by atoms with Gasteiger partial charge in [-0.3, -0.25) is 24.2 Å². The lowest BCUT2D eigenvalue weighted by molar-refractivity contribution is -0.153. The summed E-state index contributed by atoms with van der Waals surface area (Å²) in [6, 6.07) is 0.771.